The van der Waals surface area contributed by atoms with Crippen molar-refractivity contribution in [1.29, 1.82) is 0 Å². The van der Waals surface area contributed by atoms with Crippen LogP contribution in [0.3, 0.4) is 0 Å². The summed E-state index contributed by atoms with van der Waals surface area (Å²) >= 11 is 1.41. The SMILES string of the molecule is COc1cc(OC)cc(C(=O)Nc2nc3c(s2)CCC3C(=O)Nc2ccc(C)cc2)c1. The fraction of sp³-hybridized carbons (Fsp3) is 0.261. The van der Waals surface area contributed by atoms with Gasteiger partial charge in [-0.2, -0.15) is 0 Å². The van der Waals surface area contributed by atoms with Crippen LogP contribution in [0.5, 0.6) is 11.5 Å². The van der Waals surface area contributed by atoms with Crippen LogP contribution in [0.4, 0.5) is 10.8 Å². The summed E-state index contributed by atoms with van der Waals surface area (Å²) in [4.78, 5) is 31.1. The highest BCUT2D eigenvalue weighted by molar-refractivity contribution is 7.16. The van der Waals surface area contributed by atoms with Crippen LogP contribution >= 0.6 is 11.3 Å². The number of rotatable bonds is 6. The maximum Gasteiger partial charge on any atom is 0.257 e. The van der Waals surface area contributed by atoms with Crippen LogP contribution in [-0.2, 0) is 11.2 Å². The molecule has 160 valence electrons. The number of methoxy groups -OCH3 is 2. The summed E-state index contributed by atoms with van der Waals surface area (Å²) in [6.45, 7) is 2.00. The van der Waals surface area contributed by atoms with E-state index in [-0.39, 0.29) is 17.7 Å². The largest absolute Gasteiger partial charge is 0.497 e. The van der Waals surface area contributed by atoms with E-state index in [4.69, 9.17) is 9.47 Å². The molecule has 3 aromatic rings. The van der Waals surface area contributed by atoms with Gasteiger partial charge in [0.1, 0.15) is 11.5 Å². The third kappa shape index (κ3) is 4.54. The summed E-state index contributed by atoms with van der Waals surface area (Å²) in [7, 11) is 3.06. The van der Waals surface area contributed by atoms with E-state index in [1.54, 1.807) is 18.2 Å². The Balaban J connectivity index is 1.48. The fourth-order valence-corrected chi connectivity index (χ4v) is 4.54. The molecule has 1 atom stereocenters. The van der Waals surface area contributed by atoms with Gasteiger partial charge in [0.15, 0.2) is 5.13 Å². The molecule has 1 aromatic heterocycles. The summed E-state index contributed by atoms with van der Waals surface area (Å²) < 4.78 is 10.5. The lowest BCUT2D eigenvalue weighted by molar-refractivity contribution is -0.117. The summed E-state index contributed by atoms with van der Waals surface area (Å²) in [6, 6.07) is 12.7. The van der Waals surface area contributed by atoms with Crippen molar-refractivity contribution in [3.8, 4) is 11.5 Å². The number of thiazole rings is 1. The van der Waals surface area contributed by atoms with Crippen molar-refractivity contribution in [2.45, 2.75) is 25.7 Å². The highest BCUT2D eigenvalue weighted by atomic mass is 32.1. The maximum atomic E-state index is 12.8. The number of anilines is 2. The molecule has 2 amide bonds. The molecule has 0 aliphatic heterocycles. The minimum Gasteiger partial charge on any atom is -0.497 e. The number of carbonyl (C=O) groups is 2. The van der Waals surface area contributed by atoms with Crippen LogP contribution in [0.25, 0.3) is 0 Å². The number of carbonyl (C=O) groups excluding carboxylic acids is 2. The van der Waals surface area contributed by atoms with E-state index >= 15 is 0 Å². The number of hydrogen-bond donors (Lipinski definition) is 2. The molecule has 1 aliphatic rings. The molecule has 0 radical (unpaired) electrons. The van der Waals surface area contributed by atoms with Gasteiger partial charge in [-0.15, -0.1) is 11.3 Å². The predicted octanol–water partition coefficient (Wildman–Crippen LogP) is 4.39. The first-order valence-corrected chi connectivity index (χ1v) is 10.7. The van der Waals surface area contributed by atoms with Gasteiger partial charge in [0, 0.05) is 22.2 Å². The van der Waals surface area contributed by atoms with Crippen LogP contribution in [0.1, 0.15) is 38.8 Å². The normalized spacial score (nSPS) is 14.6. The van der Waals surface area contributed by atoms with Crippen molar-refractivity contribution in [2.75, 3.05) is 24.9 Å². The molecule has 2 N–H and O–H groups in total. The van der Waals surface area contributed by atoms with E-state index in [0.29, 0.717) is 28.6 Å². The Morgan fingerprint density at radius 1 is 1.03 bits per heavy atom. The van der Waals surface area contributed by atoms with Crippen molar-refractivity contribution in [3.63, 3.8) is 0 Å². The smallest absolute Gasteiger partial charge is 0.257 e. The minimum absolute atomic E-state index is 0.0803. The second-order valence-corrected chi connectivity index (χ2v) is 8.41. The van der Waals surface area contributed by atoms with Crippen LogP contribution in [-0.4, -0.2) is 31.0 Å². The average molecular weight is 438 g/mol. The van der Waals surface area contributed by atoms with Crippen molar-refractivity contribution in [2.24, 2.45) is 0 Å². The molecule has 0 fully saturated rings. The van der Waals surface area contributed by atoms with Crippen LogP contribution < -0.4 is 20.1 Å². The van der Waals surface area contributed by atoms with Crippen molar-refractivity contribution < 1.29 is 19.1 Å². The molecule has 31 heavy (non-hydrogen) atoms. The van der Waals surface area contributed by atoms with E-state index in [2.05, 4.69) is 15.6 Å². The lowest BCUT2D eigenvalue weighted by Gasteiger charge is -2.11. The maximum absolute atomic E-state index is 12.8. The number of fused-ring (bicyclic) bond motifs is 1. The fourth-order valence-electron chi connectivity index (χ4n) is 3.51. The zero-order valence-corrected chi connectivity index (χ0v) is 18.3. The van der Waals surface area contributed by atoms with Gasteiger partial charge in [0.25, 0.3) is 5.91 Å². The molecule has 2 aromatic carbocycles. The first kappa shape index (κ1) is 20.9. The van der Waals surface area contributed by atoms with Gasteiger partial charge in [-0.3, -0.25) is 14.9 Å². The van der Waals surface area contributed by atoms with Gasteiger partial charge in [-0.05, 0) is 44.0 Å². The molecule has 1 unspecified atom stereocenters. The summed E-state index contributed by atoms with van der Waals surface area (Å²) in [5.74, 6) is 0.335. The van der Waals surface area contributed by atoms with Crippen molar-refractivity contribution >= 4 is 34.0 Å². The third-order valence-electron chi connectivity index (χ3n) is 5.19. The quantitative estimate of drug-likeness (QED) is 0.597. The summed E-state index contributed by atoms with van der Waals surface area (Å²) in [5, 5.41) is 6.27. The van der Waals surface area contributed by atoms with Gasteiger partial charge in [-0.1, -0.05) is 17.7 Å². The standard InChI is InChI=1S/C23H23N3O4S/c1-13-4-6-15(7-5-13)24-22(28)18-8-9-19-20(18)25-23(31-19)26-21(27)14-10-16(29-2)12-17(11-14)30-3/h4-7,10-12,18H,8-9H2,1-3H3,(H,24,28)(H,25,26,27). The topological polar surface area (TPSA) is 89.6 Å². The van der Waals surface area contributed by atoms with E-state index < -0.39 is 0 Å². The van der Waals surface area contributed by atoms with Crippen molar-refractivity contribution in [1.82, 2.24) is 4.98 Å². The van der Waals surface area contributed by atoms with Gasteiger partial charge in [0.2, 0.25) is 5.91 Å². The molecule has 0 saturated carbocycles. The van der Waals surface area contributed by atoms with Gasteiger partial charge in [-0.25, -0.2) is 4.98 Å². The van der Waals surface area contributed by atoms with Crippen LogP contribution in [0.15, 0.2) is 42.5 Å². The predicted molar refractivity (Wildman–Crippen MR) is 120 cm³/mol. The molecular weight excluding hydrogens is 414 g/mol. The van der Waals surface area contributed by atoms with E-state index in [9.17, 15) is 9.59 Å². The number of aromatic nitrogens is 1. The summed E-state index contributed by atoms with van der Waals surface area (Å²) in [5.41, 5.74) is 3.04. The Hall–Kier alpha value is -3.39. The highest BCUT2D eigenvalue weighted by Crippen LogP contribution is 2.39. The van der Waals surface area contributed by atoms with E-state index in [1.165, 1.54) is 25.6 Å². The van der Waals surface area contributed by atoms with E-state index in [1.807, 2.05) is 31.2 Å². The van der Waals surface area contributed by atoms with Gasteiger partial charge in [0.05, 0.1) is 25.8 Å². The Labute approximate surface area is 184 Å². The highest BCUT2D eigenvalue weighted by Gasteiger charge is 2.33. The zero-order valence-electron chi connectivity index (χ0n) is 17.5. The molecular formula is C23H23N3O4S. The van der Waals surface area contributed by atoms with Gasteiger partial charge < -0.3 is 14.8 Å². The second-order valence-electron chi connectivity index (χ2n) is 7.33. The Morgan fingerprint density at radius 2 is 1.71 bits per heavy atom. The molecule has 0 bridgehead atoms. The zero-order chi connectivity index (χ0) is 22.0. The number of amides is 2. The first-order chi connectivity index (χ1) is 15.0. The molecule has 1 aliphatic carbocycles. The number of aryl methyl sites for hydroxylation is 2. The minimum atomic E-state index is -0.324. The number of ether oxygens (including phenoxy) is 2. The van der Waals surface area contributed by atoms with E-state index in [0.717, 1.165) is 28.2 Å². The molecule has 4 rings (SSSR count). The average Bonchev–Trinajstić information content (AvgIpc) is 3.35. The second kappa shape index (κ2) is 8.77. The Kier molecular flexibility index (Phi) is 5.90. The number of benzene rings is 2. The molecule has 8 heteroatoms. The Bertz CT molecular complexity index is 1100. The van der Waals surface area contributed by atoms with Gasteiger partial charge >= 0.3 is 0 Å². The Morgan fingerprint density at radius 3 is 2.35 bits per heavy atom. The number of hydrogen-bond acceptors (Lipinski definition) is 6. The third-order valence-corrected chi connectivity index (χ3v) is 6.23. The molecule has 1 heterocycles. The lowest BCUT2D eigenvalue weighted by atomic mass is 10.1. The number of nitrogens with zero attached hydrogens (tertiary/aromatic N) is 1. The molecule has 0 spiro atoms. The number of nitrogens with one attached hydrogen (secondary N) is 2. The van der Waals surface area contributed by atoms with Crippen molar-refractivity contribution in [3.05, 3.63) is 64.2 Å². The molecule has 7 nitrogen and oxygen atoms in total. The van der Waals surface area contributed by atoms with Crippen LogP contribution in [0, 0.1) is 6.92 Å². The van der Waals surface area contributed by atoms with Crippen LogP contribution in [0.2, 0.25) is 0 Å². The monoisotopic (exact) mass is 437 g/mol. The summed E-state index contributed by atoms with van der Waals surface area (Å²) in [6.07, 6.45) is 1.48. The lowest BCUT2D eigenvalue weighted by Crippen LogP contribution is -2.20. The molecule has 0 saturated heterocycles. The first-order valence-electron chi connectivity index (χ1n) is 9.88.